The lowest BCUT2D eigenvalue weighted by Crippen LogP contribution is -2.54. The number of likely N-dealkylation sites (N-methyl/N-ethyl adjacent to an activating group) is 1. The lowest BCUT2D eigenvalue weighted by atomic mass is 10.1. The van der Waals surface area contributed by atoms with Crippen LogP contribution in [0.3, 0.4) is 0 Å². The first-order valence-corrected chi connectivity index (χ1v) is 3.73. The van der Waals surface area contributed by atoms with E-state index < -0.39 is 0 Å². The van der Waals surface area contributed by atoms with Gasteiger partial charge in [0.2, 0.25) is 0 Å². The maximum atomic E-state index is 12.1. The largest absolute Gasteiger partial charge is 0.309 e. The topological polar surface area (TPSA) is 15.3 Å². The van der Waals surface area contributed by atoms with Gasteiger partial charge in [-0.25, -0.2) is 4.39 Å². The van der Waals surface area contributed by atoms with Gasteiger partial charge in [0, 0.05) is 25.2 Å². The van der Waals surface area contributed by atoms with Crippen LogP contribution in [-0.2, 0) is 0 Å². The van der Waals surface area contributed by atoms with Crippen molar-refractivity contribution in [3.05, 3.63) is 0 Å². The molecule has 1 saturated heterocycles. The third-order valence-corrected chi connectivity index (χ3v) is 2.15. The van der Waals surface area contributed by atoms with Crippen molar-refractivity contribution in [1.29, 1.82) is 0 Å². The molecule has 1 N–H and O–H groups in total. The fourth-order valence-electron chi connectivity index (χ4n) is 1.19. The first-order chi connectivity index (χ1) is 4.74. The molecule has 0 saturated carbocycles. The number of halogens is 1. The zero-order chi connectivity index (χ0) is 7.56. The molecule has 10 heavy (non-hydrogen) atoms. The van der Waals surface area contributed by atoms with Gasteiger partial charge in [-0.3, -0.25) is 0 Å². The molecule has 0 aromatic rings. The lowest BCUT2D eigenvalue weighted by Gasteiger charge is -2.34. The van der Waals surface area contributed by atoms with E-state index in [1.807, 2.05) is 7.05 Å². The SMILES string of the molecule is CC1CNC(CF)CN1C. The van der Waals surface area contributed by atoms with Gasteiger partial charge in [0.25, 0.3) is 0 Å². The van der Waals surface area contributed by atoms with Crippen molar-refractivity contribution in [2.24, 2.45) is 0 Å². The normalized spacial score (nSPS) is 36.3. The highest BCUT2D eigenvalue weighted by molar-refractivity contribution is 4.80. The Morgan fingerprint density at radius 1 is 1.70 bits per heavy atom. The summed E-state index contributed by atoms with van der Waals surface area (Å²) in [6.45, 7) is 3.63. The zero-order valence-electron chi connectivity index (χ0n) is 6.60. The van der Waals surface area contributed by atoms with Crippen LogP contribution >= 0.6 is 0 Å². The molecule has 0 aromatic carbocycles. The van der Waals surface area contributed by atoms with Gasteiger partial charge in [-0.2, -0.15) is 0 Å². The maximum absolute atomic E-state index is 12.1. The summed E-state index contributed by atoms with van der Waals surface area (Å²) in [7, 11) is 2.04. The van der Waals surface area contributed by atoms with Crippen LogP contribution in [-0.4, -0.2) is 43.8 Å². The lowest BCUT2D eigenvalue weighted by molar-refractivity contribution is 0.159. The first kappa shape index (κ1) is 7.95. The number of hydrogen-bond acceptors (Lipinski definition) is 2. The molecule has 1 aliphatic heterocycles. The molecule has 3 heteroatoms. The fraction of sp³-hybridized carbons (Fsp3) is 1.00. The minimum atomic E-state index is -0.253. The third kappa shape index (κ3) is 1.67. The Morgan fingerprint density at radius 3 is 2.90 bits per heavy atom. The van der Waals surface area contributed by atoms with Gasteiger partial charge >= 0.3 is 0 Å². The van der Waals surface area contributed by atoms with Gasteiger partial charge in [0.1, 0.15) is 6.67 Å². The minimum Gasteiger partial charge on any atom is -0.309 e. The molecule has 1 rings (SSSR count). The highest BCUT2D eigenvalue weighted by Gasteiger charge is 2.20. The maximum Gasteiger partial charge on any atom is 0.106 e. The average molecular weight is 146 g/mol. The second-order valence-electron chi connectivity index (χ2n) is 3.05. The van der Waals surface area contributed by atoms with Crippen LogP contribution < -0.4 is 5.32 Å². The summed E-state index contributed by atoms with van der Waals surface area (Å²) in [6.07, 6.45) is 0. The summed E-state index contributed by atoms with van der Waals surface area (Å²) < 4.78 is 12.1. The van der Waals surface area contributed by atoms with Crippen molar-refractivity contribution in [3.8, 4) is 0 Å². The molecule has 2 atom stereocenters. The number of hydrogen-bond donors (Lipinski definition) is 1. The predicted molar refractivity (Wildman–Crippen MR) is 39.9 cm³/mol. The standard InChI is InChI=1S/C7H15FN2/c1-6-4-9-7(3-8)5-10(6)2/h6-7,9H,3-5H2,1-2H3. The minimum absolute atomic E-state index is 0.0567. The molecule has 0 bridgehead atoms. The van der Waals surface area contributed by atoms with Gasteiger partial charge in [0.15, 0.2) is 0 Å². The van der Waals surface area contributed by atoms with E-state index in [2.05, 4.69) is 17.1 Å². The molecule has 1 heterocycles. The molecule has 0 radical (unpaired) electrons. The number of nitrogens with one attached hydrogen (secondary N) is 1. The Hall–Kier alpha value is -0.150. The van der Waals surface area contributed by atoms with Crippen LogP contribution in [0.1, 0.15) is 6.92 Å². The second kappa shape index (κ2) is 3.30. The van der Waals surface area contributed by atoms with Crippen molar-refractivity contribution in [3.63, 3.8) is 0 Å². The van der Waals surface area contributed by atoms with E-state index in [-0.39, 0.29) is 12.7 Å². The number of nitrogens with zero attached hydrogens (tertiary/aromatic N) is 1. The van der Waals surface area contributed by atoms with Gasteiger partial charge in [-0.05, 0) is 14.0 Å². The molecule has 1 aliphatic rings. The Kier molecular flexibility index (Phi) is 2.63. The van der Waals surface area contributed by atoms with Gasteiger partial charge in [-0.1, -0.05) is 0 Å². The van der Waals surface area contributed by atoms with Crippen LogP contribution in [0.2, 0.25) is 0 Å². The van der Waals surface area contributed by atoms with E-state index >= 15 is 0 Å². The highest BCUT2D eigenvalue weighted by Crippen LogP contribution is 2.03. The smallest absolute Gasteiger partial charge is 0.106 e. The summed E-state index contributed by atoms with van der Waals surface area (Å²) in [6, 6.07) is 0.601. The van der Waals surface area contributed by atoms with Crippen LogP contribution in [0.5, 0.6) is 0 Å². The van der Waals surface area contributed by atoms with Crippen molar-refractivity contribution in [2.75, 3.05) is 26.8 Å². The van der Waals surface area contributed by atoms with E-state index in [1.165, 1.54) is 0 Å². The van der Waals surface area contributed by atoms with E-state index in [4.69, 9.17) is 0 Å². The van der Waals surface area contributed by atoms with Crippen molar-refractivity contribution < 1.29 is 4.39 Å². The van der Waals surface area contributed by atoms with E-state index in [0.717, 1.165) is 13.1 Å². The zero-order valence-corrected chi connectivity index (χ0v) is 6.60. The molecule has 60 valence electrons. The molecule has 0 amide bonds. The summed E-state index contributed by atoms with van der Waals surface area (Å²) in [5.74, 6) is 0. The molecular formula is C7H15FN2. The highest BCUT2D eigenvalue weighted by atomic mass is 19.1. The summed E-state index contributed by atoms with van der Waals surface area (Å²) in [5.41, 5.74) is 0. The molecule has 0 spiro atoms. The Bertz CT molecular complexity index is 108. The Morgan fingerprint density at radius 2 is 2.40 bits per heavy atom. The molecular weight excluding hydrogens is 131 g/mol. The fourth-order valence-corrected chi connectivity index (χ4v) is 1.19. The van der Waals surface area contributed by atoms with Crippen LogP contribution in [0.25, 0.3) is 0 Å². The summed E-state index contributed by atoms with van der Waals surface area (Å²) in [4.78, 5) is 2.18. The molecule has 1 fully saturated rings. The second-order valence-corrected chi connectivity index (χ2v) is 3.05. The van der Waals surface area contributed by atoms with Crippen LogP contribution in [0, 0.1) is 0 Å². The van der Waals surface area contributed by atoms with Crippen molar-refractivity contribution in [2.45, 2.75) is 19.0 Å². The van der Waals surface area contributed by atoms with Crippen LogP contribution in [0.15, 0.2) is 0 Å². The van der Waals surface area contributed by atoms with Gasteiger partial charge in [0.05, 0.1) is 0 Å². The Balaban J connectivity index is 2.33. The Labute approximate surface area is 61.4 Å². The molecule has 0 aromatic heterocycles. The average Bonchev–Trinajstić information content (AvgIpc) is 1.95. The van der Waals surface area contributed by atoms with E-state index in [1.54, 1.807) is 0 Å². The molecule has 0 aliphatic carbocycles. The van der Waals surface area contributed by atoms with E-state index in [0.29, 0.717) is 6.04 Å². The summed E-state index contributed by atoms with van der Waals surface area (Å²) >= 11 is 0. The number of alkyl halides is 1. The van der Waals surface area contributed by atoms with Gasteiger partial charge in [-0.15, -0.1) is 0 Å². The monoisotopic (exact) mass is 146 g/mol. The first-order valence-electron chi connectivity index (χ1n) is 3.73. The van der Waals surface area contributed by atoms with Crippen LogP contribution in [0.4, 0.5) is 4.39 Å². The third-order valence-electron chi connectivity index (χ3n) is 2.15. The molecule has 2 unspecified atom stereocenters. The van der Waals surface area contributed by atoms with Crippen molar-refractivity contribution in [1.82, 2.24) is 10.2 Å². The quantitative estimate of drug-likeness (QED) is 0.570. The van der Waals surface area contributed by atoms with E-state index in [9.17, 15) is 4.39 Å². The summed E-state index contributed by atoms with van der Waals surface area (Å²) in [5, 5.41) is 3.13. The van der Waals surface area contributed by atoms with Crippen molar-refractivity contribution >= 4 is 0 Å². The number of piperazine rings is 1. The van der Waals surface area contributed by atoms with Gasteiger partial charge < -0.3 is 10.2 Å². The molecule has 2 nitrogen and oxygen atoms in total. The number of rotatable bonds is 1. The predicted octanol–water partition coefficient (Wildman–Crippen LogP) is 0.248.